The number of benzene rings is 2. The first-order valence-electron chi connectivity index (χ1n) is 12.5. The van der Waals surface area contributed by atoms with Gasteiger partial charge in [0.05, 0.1) is 17.1 Å². The molecule has 1 aliphatic carbocycles. The van der Waals surface area contributed by atoms with Crippen LogP contribution in [0, 0.1) is 17.2 Å². The lowest BCUT2D eigenvalue weighted by Crippen LogP contribution is -2.59. The molecule has 4 rings (SSSR count). The minimum Gasteiger partial charge on any atom is -0.478 e. The van der Waals surface area contributed by atoms with E-state index in [0.29, 0.717) is 37.4 Å². The number of hydrogen-bond acceptors (Lipinski definition) is 4. The van der Waals surface area contributed by atoms with Crippen molar-refractivity contribution in [1.82, 2.24) is 10.2 Å². The third kappa shape index (κ3) is 5.50. The zero-order chi connectivity index (χ0) is 27.0. The fourth-order valence-corrected chi connectivity index (χ4v) is 5.83. The summed E-state index contributed by atoms with van der Waals surface area (Å²) < 4.78 is 13.9. The third-order valence-corrected chi connectivity index (χ3v) is 8.14. The molecule has 0 aromatic heterocycles. The van der Waals surface area contributed by atoms with Crippen LogP contribution >= 0.6 is 11.6 Å². The van der Waals surface area contributed by atoms with Gasteiger partial charge in [-0.1, -0.05) is 50.4 Å². The van der Waals surface area contributed by atoms with Gasteiger partial charge in [-0.15, -0.1) is 0 Å². The van der Waals surface area contributed by atoms with Crippen molar-refractivity contribution in [2.45, 2.75) is 57.6 Å². The molecule has 1 aliphatic heterocycles. The van der Waals surface area contributed by atoms with Crippen LogP contribution < -0.4 is 5.32 Å². The number of likely N-dealkylation sites (tertiary alicyclic amines) is 1. The van der Waals surface area contributed by atoms with Gasteiger partial charge >= 0.3 is 5.97 Å². The molecule has 3 atom stereocenters. The van der Waals surface area contributed by atoms with Crippen molar-refractivity contribution in [2.24, 2.45) is 11.3 Å². The largest absolute Gasteiger partial charge is 0.478 e. The predicted molar refractivity (Wildman–Crippen MR) is 137 cm³/mol. The van der Waals surface area contributed by atoms with E-state index in [0.717, 1.165) is 36.6 Å². The molecule has 0 radical (unpaired) electrons. The van der Waals surface area contributed by atoms with E-state index < -0.39 is 40.7 Å². The zero-order valence-corrected chi connectivity index (χ0v) is 21.7. The van der Waals surface area contributed by atoms with Crippen molar-refractivity contribution < 1.29 is 29.0 Å². The quantitative estimate of drug-likeness (QED) is 0.523. The maximum absolute atomic E-state index is 13.9. The van der Waals surface area contributed by atoms with Crippen molar-refractivity contribution in [3.8, 4) is 0 Å². The van der Waals surface area contributed by atoms with Gasteiger partial charge in [-0.2, -0.15) is 0 Å². The molecule has 2 aliphatic rings. The molecule has 1 saturated heterocycles. The average molecular weight is 531 g/mol. The lowest BCUT2D eigenvalue weighted by atomic mass is 9.66. The van der Waals surface area contributed by atoms with E-state index in [1.54, 1.807) is 17.0 Å². The highest BCUT2D eigenvalue weighted by molar-refractivity contribution is 6.30. The Balaban J connectivity index is 1.49. The zero-order valence-electron chi connectivity index (χ0n) is 21.0. The third-order valence-electron chi connectivity index (χ3n) is 7.89. The maximum Gasteiger partial charge on any atom is 0.335 e. The molecule has 2 aromatic carbocycles. The Kier molecular flexibility index (Phi) is 7.62. The van der Waals surface area contributed by atoms with Gasteiger partial charge in [-0.3, -0.25) is 9.59 Å². The number of rotatable bonds is 5. The lowest BCUT2D eigenvalue weighted by Gasteiger charge is -2.51. The number of carbonyl (C=O) groups excluding carboxylic acids is 2. The molecular weight excluding hydrogens is 499 g/mol. The summed E-state index contributed by atoms with van der Waals surface area (Å²) >= 11 is 6.03. The Morgan fingerprint density at radius 2 is 1.70 bits per heavy atom. The van der Waals surface area contributed by atoms with Crippen LogP contribution in [-0.4, -0.2) is 52.0 Å². The summed E-state index contributed by atoms with van der Waals surface area (Å²) in [4.78, 5) is 39.6. The Hall–Kier alpha value is -2.97. The Morgan fingerprint density at radius 3 is 2.35 bits per heavy atom. The van der Waals surface area contributed by atoms with E-state index in [4.69, 9.17) is 11.6 Å². The summed E-state index contributed by atoms with van der Waals surface area (Å²) in [5.74, 6) is -3.29. The highest BCUT2D eigenvalue weighted by atomic mass is 35.5. The van der Waals surface area contributed by atoms with Crippen LogP contribution in [0.3, 0.4) is 0 Å². The van der Waals surface area contributed by atoms with Crippen LogP contribution in [0.4, 0.5) is 4.39 Å². The number of amides is 2. The maximum atomic E-state index is 13.9. The molecule has 198 valence electrons. The number of carbonyl (C=O) groups is 3. The highest BCUT2D eigenvalue weighted by Crippen LogP contribution is 2.46. The second-order valence-electron chi connectivity index (χ2n) is 10.8. The molecule has 1 saturated carbocycles. The number of aromatic carboxylic acids is 1. The summed E-state index contributed by atoms with van der Waals surface area (Å²) in [6, 6.07) is 9.65. The van der Waals surface area contributed by atoms with Crippen LogP contribution in [0.1, 0.15) is 72.2 Å². The summed E-state index contributed by atoms with van der Waals surface area (Å²) in [6.45, 7) is 4.58. The molecule has 2 fully saturated rings. The van der Waals surface area contributed by atoms with Gasteiger partial charge in [0.1, 0.15) is 5.82 Å². The predicted octanol–water partition coefficient (Wildman–Crippen LogP) is 4.61. The first-order chi connectivity index (χ1) is 17.4. The molecule has 2 aromatic rings. The molecule has 2 amide bonds. The first-order valence-corrected chi connectivity index (χ1v) is 12.9. The van der Waals surface area contributed by atoms with Gasteiger partial charge in [-0.25, -0.2) is 9.18 Å². The smallest absolute Gasteiger partial charge is 0.335 e. The fraction of sp³-hybridized carbons (Fsp3) is 0.464. The first kappa shape index (κ1) is 27.1. The topological polar surface area (TPSA) is 107 Å². The molecule has 3 N–H and O–H groups in total. The number of nitrogens with zero attached hydrogens (tertiary/aromatic N) is 1. The number of halogens is 2. The Labute approximate surface area is 220 Å². The number of carboxylic acids is 1. The average Bonchev–Trinajstić information content (AvgIpc) is 2.85. The van der Waals surface area contributed by atoms with Gasteiger partial charge in [0.15, 0.2) is 0 Å². The van der Waals surface area contributed by atoms with E-state index >= 15 is 0 Å². The van der Waals surface area contributed by atoms with Crippen molar-refractivity contribution >= 4 is 29.4 Å². The SMILES string of the molecule is CC1(C)CN(C(=O)[C@H]2CCCC[C@H]2NC(=O)c2cc(F)cc(C(=O)O)c2)CC[C@]1(O)c1ccc(Cl)cc1. The molecule has 37 heavy (non-hydrogen) atoms. The van der Waals surface area contributed by atoms with Gasteiger partial charge in [0.2, 0.25) is 5.91 Å². The van der Waals surface area contributed by atoms with Crippen LogP contribution in [-0.2, 0) is 10.4 Å². The van der Waals surface area contributed by atoms with E-state index in [1.807, 2.05) is 26.0 Å². The lowest BCUT2D eigenvalue weighted by molar-refractivity contribution is -0.158. The molecule has 7 nitrogen and oxygen atoms in total. The number of piperidine rings is 1. The van der Waals surface area contributed by atoms with Crippen LogP contribution in [0.15, 0.2) is 42.5 Å². The van der Waals surface area contributed by atoms with E-state index in [2.05, 4.69) is 5.32 Å². The fourth-order valence-electron chi connectivity index (χ4n) is 5.70. The molecule has 1 heterocycles. The van der Waals surface area contributed by atoms with E-state index in [9.17, 15) is 29.0 Å². The minimum absolute atomic E-state index is 0.0818. The van der Waals surface area contributed by atoms with Gasteiger partial charge < -0.3 is 20.4 Å². The van der Waals surface area contributed by atoms with E-state index in [-0.39, 0.29) is 17.0 Å². The van der Waals surface area contributed by atoms with Crippen LogP contribution in [0.5, 0.6) is 0 Å². The number of nitrogens with one attached hydrogen (secondary N) is 1. The monoisotopic (exact) mass is 530 g/mol. The van der Waals surface area contributed by atoms with Gasteiger partial charge in [-0.05, 0) is 55.2 Å². The number of hydrogen-bond donors (Lipinski definition) is 3. The normalized spacial score (nSPS) is 25.4. The molecular formula is C28H32ClFN2O5. The second kappa shape index (κ2) is 10.4. The Morgan fingerprint density at radius 1 is 1.05 bits per heavy atom. The number of aliphatic hydroxyl groups is 1. The Bertz CT molecular complexity index is 1200. The minimum atomic E-state index is -1.33. The molecule has 0 unspecified atom stereocenters. The van der Waals surface area contributed by atoms with Crippen molar-refractivity contribution in [2.75, 3.05) is 13.1 Å². The van der Waals surface area contributed by atoms with Gasteiger partial charge in [0.25, 0.3) is 5.91 Å². The molecule has 0 spiro atoms. The van der Waals surface area contributed by atoms with Crippen molar-refractivity contribution in [3.05, 3.63) is 70.0 Å². The summed E-state index contributed by atoms with van der Waals surface area (Å²) in [7, 11) is 0. The van der Waals surface area contributed by atoms with Crippen molar-refractivity contribution in [1.29, 1.82) is 0 Å². The highest BCUT2D eigenvalue weighted by Gasteiger charge is 2.50. The van der Waals surface area contributed by atoms with E-state index in [1.165, 1.54) is 0 Å². The molecule has 0 bridgehead atoms. The summed E-state index contributed by atoms with van der Waals surface area (Å²) in [6.07, 6.45) is 3.23. The number of carboxylic acid groups (broad SMARTS) is 1. The summed E-state index contributed by atoms with van der Waals surface area (Å²) in [5, 5.41) is 24.3. The van der Waals surface area contributed by atoms with Crippen LogP contribution in [0.25, 0.3) is 0 Å². The summed E-state index contributed by atoms with van der Waals surface area (Å²) in [5.41, 5.74) is -1.43. The standard InChI is InChI=1S/C28H32ClFN2O5/c1-27(2)16-32(12-11-28(27,37)19-7-9-20(29)10-8-19)25(34)22-5-3-4-6-23(22)31-24(33)17-13-18(26(35)36)15-21(30)14-17/h7-10,13-15,22-23,37H,3-6,11-12,16H2,1-2H3,(H,31,33)(H,35,36)/t22-,23+,28-/m0/s1. The molecule has 9 heteroatoms. The van der Waals surface area contributed by atoms with Crippen LogP contribution in [0.2, 0.25) is 5.02 Å². The van der Waals surface area contributed by atoms with Gasteiger partial charge in [0, 0.05) is 35.1 Å². The van der Waals surface area contributed by atoms with Crippen molar-refractivity contribution in [3.63, 3.8) is 0 Å². The second-order valence-corrected chi connectivity index (χ2v) is 11.2.